The van der Waals surface area contributed by atoms with Crippen molar-refractivity contribution < 1.29 is 13.9 Å². The van der Waals surface area contributed by atoms with E-state index in [1.165, 1.54) is 14.2 Å². The van der Waals surface area contributed by atoms with Gasteiger partial charge in [-0.2, -0.15) is 0 Å². The largest absolute Gasteiger partial charge is 0.493 e. The van der Waals surface area contributed by atoms with Crippen LogP contribution in [0.5, 0.6) is 11.5 Å². The Morgan fingerprint density at radius 3 is 2.38 bits per heavy atom. The zero-order chi connectivity index (χ0) is 11.7. The molecule has 84 valence electrons. The first-order valence-electron chi connectivity index (χ1n) is 4.61. The molecule has 0 aliphatic heterocycles. The molecule has 1 aromatic carbocycles. The zero-order valence-electron chi connectivity index (χ0n) is 8.94. The zero-order valence-corrected chi connectivity index (χ0v) is 8.94. The first kappa shape index (κ1) is 10.4. The van der Waals surface area contributed by atoms with E-state index in [0.717, 1.165) is 0 Å². The van der Waals surface area contributed by atoms with Crippen LogP contribution in [0.3, 0.4) is 0 Å². The third-order valence-corrected chi connectivity index (χ3v) is 2.27. The summed E-state index contributed by atoms with van der Waals surface area (Å²) in [6.07, 6.45) is 0. The fourth-order valence-corrected chi connectivity index (χ4v) is 1.46. The molecule has 0 saturated carbocycles. The monoisotopic (exact) mass is 221 g/mol. The number of rotatable bonds is 2. The second-order valence-corrected chi connectivity index (χ2v) is 3.23. The highest BCUT2D eigenvalue weighted by Gasteiger charge is 2.09. The predicted octanol–water partition coefficient (Wildman–Crippen LogP) is 1.39. The Balaban J connectivity index is 2.78. The van der Waals surface area contributed by atoms with Crippen LogP contribution in [0.1, 0.15) is 0 Å². The van der Waals surface area contributed by atoms with Crippen LogP contribution in [0.2, 0.25) is 0 Å². The lowest BCUT2D eigenvalue weighted by molar-refractivity contribution is 0.355. The van der Waals surface area contributed by atoms with Gasteiger partial charge in [0.1, 0.15) is 11.3 Å². The number of anilines is 1. The molecule has 0 radical (unpaired) electrons. The predicted molar refractivity (Wildman–Crippen MR) is 60.0 cm³/mol. The lowest BCUT2D eigenvalue weighted by Crippen LogP contribution is -2.05. The number of ether oxygens (including phenoxy) is 2. The number of benzene rings is 1. The van der Waals surface area contributed by atoms with Crippen molar-refractivity contribution >= 4 is 16.7 Å². The number of nitrogens with two attached hydrogens (primary N) is 1. The van der Waals surface area contributed by atoms with Crippen LogP contribution in [-0.2, 0) is 0 Å². The summed E-state index contributed by atoms with van der Waals surface area (Å²) in [6, 6.07) is 4.84. The minimum Gasteiger partial charge on any atom is -0.493 e. The summed E-state index contributed by atoms with van der Waals surface area (Å²) < 4.78 is 15.2. The Hall–Kier alpha value is -2.17. The molecule has 0 aliphatic rings. The minimum atomic E-state index is -0.556. The molecule has 5 nitrogen and oxygen atoms in total. The maximum Gasteiger partial charge on any atom is 0.359 e. The lowest BCUT2D eigenvalue weighted by Gasteiger charge is -2.08. The SMILES string of the molecule is COc1cc2cc(N)c(=O)oc2cc1OC. The van der Waals surface area contributed by atoms with E-state index in [0.29, 0.717) is 22.5 Å². The number of fused-ring (bicyclic) bond motifs is 1. The molecule has 1 heterocycles. The second-order valence-electron chi connectivity index (χ2n) is 3.23. The summed E-state index contributed by atoms with van der Waals surface area (Å²) in [5, 5.41) is 0.690. The van der Waals surface area contributed by atoms with Gasteiger partial charge in [0.2, 0.25) is 0 Å². The quantitative estimate of drug-likeness (QED) is 0.775. The molecule has 1 aromatic heterocycles. The Labute approximate surface area is 91.4 Å². The van der Waals surface area contributed by atoms with E-state index in [1.807, 2.05) is 0 Å². The number of nitrogen functional groups attached to an aromatic ring is 1. The molecule has 0 amide bonds. The summed E-state index contributed by atoms with van der Waals surface area (Å²) in [5.41, 5.74) is 5.40. The third kappa shape index (κ3) is 1.56. The topological polar surface area (TPSA) is 74.7 Å². The van der Waals surface area contributed by atoms with Crippen LogP contribution in [-0.4, -0.2) is 14.2 Å². The summed E-state index contributed by atoms with van der Waals surface area (Å²) in [5.74, 6) is 1.06. The van der Waals surface area contributed by atoms with Crippen molar-refractivity contribution in [1.82, 2.24) is 0 Å². The van der Waals surface area contributed by atoms with Crippen molar-refractivity contribution in [2.24, 2.45) is 0 Å². The maximum absolute atomic E-state index is 11.2. The van der Waals surface area contributed by atoms with Gasteiger partial charge in [0.25, 0.3) is 0 Å². The highest BCUT2D eigenvalue weighted by molar-refractivity contribution is 5.83. The average molecular weight is 221 g/mol. The lowest BCUT2D eigenvalue weighted by atomic mass is 10.2. The molecule has 0 atom stereocenters. The molecule has 0 bridgehead atoms. The van der Waals surface area contributed by atoms with Crippen LogP contribution in [0.4, 0.5) is 5.69 Å². The van der Waals surface area contributed by atoms with Crippen molar-refractivity contribution in [3.8, 4) is 11.5 Å². The van der Waals surface area contributed by atoms with Gasteiger partial charge in [-0.25, -0.2) is 4.79 Å². The molecule has 2 N–H and O–H groups in total. The normalized spacial score (nSPS) is 10.4. The first-order valence-corrected chi connectivity index (χ1v) is 4.61. The van der Waals surface area contributed by atoms with Gasteiger partial charge in [-0.1, -0.05) is 0 Å². The molecule has 0 aliphatic carbocycles. The maximum atomic E-state index is 11.2. The van der Waals surface area contributed by atoms with Gasteiger partial charge in [-0.15, -0.1) is 0 Å². The average Bonchev–Trinajstić information content (AvgIpc) is 2.29. The Morgan fingerprint density at radius 2 is 1.75 bits per heavy atom. The van der Waals surface area contributed by atoms with Crippen LogP contribution >= 0.6 is 0 Å². The number of hydrogen-bond donors (Lipinski definition) is 1. The highest BCUT2D eigenvalue weighted by atomic mass is 16.5. The molecule has 0 saturated heterocycles. The van der Waals surface area contributed by atoms with Crippen LogP contribution in [0, 0.1) is 0 Å². The molecule has 2 rings (SSSR count). The Bertz CT molecular complexity index is 588. The Morgan fingerprint density at radius 1 is 1.12 bits per heavy atom. The van der Waals surface area contributed by atoms with E-state index in [9.17, 15) is 4.79 Å². The van der Waals surface area contributed by atoms with Gasteiger partial charge in [0.15, 0.2) is 11.5 Å². The molecule has 16 heavy (non-hydrogen) atoms. The molecular weight excluding hydrogens is 210 g/mol. The van der Waals surface area contributed by atoms with Gasteiger partial charge in [0.05, 0.1) is 14.2 Å². The fraction of sp³-hybridized carbons (Fsp3) is 0.182. The molecular formula is C11H11NO4. The van der Waals surface area contributed by atoms with E-state index in [-0.39, 0.29) is 5.69 Å². The van der Waals surface area contributed by atoms with Crippen molar-refractivity contribution in [3.05, 3.63) is 28.6 Å². The minimum absolute atomic E-state index is 0.0692. The van der Waals surface area contributed by atoms with Crippen molar-refractivity contribution in [1.29, 1.82) is 0 Å². The smallest absolute Gasteiger partial charge is 0.359 e. The van der Waals surface area contributed by atoms with Gasteiger partial charge in [-0.05, 0) is 12.1 Å². The molecule has 5 heteroatoms. The summed E-state index contributed by atoms with van der Waals surface area (Å²) >= 11 is 0. The second kappa shape index (κ2) is 3.77. The summed E-state index contributed by atoms with van der Waals surface area (Å²) in [7, 11) is 3.05. The molecule has 0 unspecified atom stereocenters. The summed E-state index contributed by atoms with van der Waals surface area (Å²) in [6.45, 7) is 0. The van der Waals surface area contributed by atoms with E-state index in [4.69, 9.17) is 19.6 Å². The van der Waals surface area contributed by atoms with Crippen LogP contribution in [0.15, 0.2) is 27.4 Å². The van der Waals surface area contributed by atoms with Gasteiger partial charge in [-0.3, -0.25) is 0 Å². The summed E-state index contributed by atoms with van der Waals surface area (Å²) in [4.78, 5) is 11.2. The van der Waals surface area contributed by atoms with E-state index in [1.54, 1.807) is 18.2 Å². The van der Waals surface area contributed by atoms with Crippen molar-refractivity contribution in [2.45, 2.75) is 0 Å². The van der Waals surface area contributed by atoms with Gasteiger partial charge < -0.3 is 19.6 Å². The van der Waals surface area contributed by atoms with Gasteiger partial charge in [0, 0.05) is 11.5 Å². The van der Waals surface area contributed by atoms with E-state index in [2.05, 4.69) is 0 Å². The first-order chi connectivity index (χ1) is 7.65. The fourth-order valence-electron chi connectivity index (χ4n) is 1.46. The number of methoxy groups -OCH3 is 2. The molecule has 0 spiro atoms. The van der Waals surface area contributed by atoms with Gasteiger partial charge >= 0.3 is 5.63 Å². The molecule has 0 fully saturated rings. The molecule has 2 aromatic rings. The van der Waals surface area contributed by atoms with E-state index < -0.39 is 5.63 Å². The third-order valence-electron chi connectivity index (χ3n) is 2.27. The van der Waals surface area contributed by atoms with Crippen LogP contribution < -0.4 is 20.8 Å². The van der Waals surface area contributed by atoms with Crippen molar-refractivity contribution in [2.75, 3.05) is 20.0 Å². The Kier molecular flexibility index (Phi) is 2.44. The number of hydrogen-bond acceptors (Lipinski definition) is 5. The standard InChI is InChI=1S/C11H11NO4/c1-14-9-4-6-3-7(12)11(13)16-8(6)5-10(9)15-2/h3-5H,12H2,1-2H3. The highest BCUT2D eigenvalue weighted by Crippen LogP contribution is 2.31. The van der Waals surface area contributed by atoms with Crippen LogP contribution in [0.25, 0.3) is 11.0 Å². The van der Waals surface area contributed by atoms with E-state index >= 15 is 0 Å². The van der Waals surface area contributed by atoms with Crippen molar-refractivity contribution in [3.63, 3.8) is 0 Å².